The Morgan fingerprint density at radius 1 is 1.11 bits per heavy atom. The number of nitrogens with zero attached hydrogens (tertiary/aromatic N) is 3. The molecule has 1 fully saturated rings. The number of fused-ring (bicyclic) bond motifs is 1. The number of nitrogens with one attached hydrogen (secondary N) is 2. The number of anilines is 2. The van der Waals surface area contributed by atoms with Crippen molar-refractivity contribution in [1.29, 1.82) is 0 Å². The minimum Gasteiger partial charge on any atom is -0.436 e. The third kappa shape index (κ3) is 5.34. The monoisotopic (exact) mass is 531 g/mol. The molecule has 1 aliphatic rings. The van der Waals surface area contributed by atoms with Gasteiger partial charge in [-0.3, -0.25) is 20.2 Å². The van der Waals surface area contributed by atoms with E-state index < -0.39 is 10.8 Å². The van der Waals surface area contributed by atoms with Gasteiger partial charge in [0.05, 0.1) is 29.4 Å². The molecular weight excluding hydrogens is 506 g/mol. The van der Waals surface area contributed by atoms with Crippen molar-refractivity contribution in [2.75, 3.05) is 36.5 Å². The lowest BCUT2D eigenvalue weighted by atomic mass is 10.1. The fraction of sp³-hybridized carbons (Fsp3) is 0.222. The molecule has 2 heterocycles. The highest BCUT2D eigenvalue weighted by Gasteiger charge is 2.23. The molecule has 1 saturated heterocycles. The van der Waals surface area contributed by atoms with Crippen LogP contribution < -0.4 is 15.5 Å². The van der Waals surface area contributed by atoms with Crippen LogP contribution in [0.4, 0.5) is 17.1 Å². The maximum Gasteiger partial charge on any atom is 0.270 e. The van der Waals surface area contributed by atoms with E-state index in [9.17, 15) is 14.9 Å². The van der Waals surface area contributed by atoms with Gasteiger partial charge in [-0.1, -0.05) is 12.1 Å². The summed E-state index contributed by atoms with van der Waals surface area (Å²) < 4.78 is 11.4. The third-order valence-corrected chi connectivity index (χ3v) is 6.41. The maximum absolute atomic E-state index is 13.2. The second-order valence-electron chi connectivity index (χ2n) is 9.00. The Labute approximate surface area is 223 Å². The molecule has 1 aromatic heterocycles. The summed E-state index contributed by atoms with van der Waals surface area (Å²) in [5, 5.41) is 17.1. The number of amides is 1. The Kier molecular flexibility index (Phi) is 7.03. The lowest BCUT2D eigenvalue weighted by Crippen LogP contribution is -2.39. The lowest BCUT2D eigenvalue weighted by molar-refractivity contribution is -0.384. The van der Waals surface area contributed by atoms with Crippen molar-refractivity contribution >= 4 is 51.4 Å². The van der Waals surface area contributed by atoms with Gasteiger partial charge in [-0.25, -0.2) is 4.98 Å². The molecule has 2 N–H and O–H groups in total. The molecule has 0 aliphatic carbocycles. The van der Waals surface area contributed by atoms with E-state index >= 15 is 0 Å². The van der Waals surface area contributed by atoms with E-state index in [0.29, 0.717) is 43.6 Å². The highest BCUT2D eigenvalue weighted by molar-refractivity contribution is 7.80. The maximum atomic E-state index is 13.2. The van der Waals surface area contributed by atoms with Crippen molar-refractivity contribution in [2.45, 2.75) is 13.8 Å². The SMILES string of the molecule is Cc1cc(C)c2oc(-c3cccc(NC(=S)NC(=O)c4cc([N+](=O)[O-])ccc4N4CCOCC4)c3)nc2c1. The van der Waals surface area contributed by atoms with Crippen molar-refractivity contribution in [3.05, 3.63) is 81.4 Å². The van der Waals surface area contributed by atoms with Gasteiger partial charge in [0.25, 0.3) is 11.6 Å². The smallest absolute Gasteiger partial charge is 0.270 e. The number of non-ortho nitro benzene ring substituents is 1. The fourth-order valence-electron chi connectivity index (χ4n) is 4.46. The molecule has 0 radical (unpaired) electrons. The number of rotatable bonds is 5. The topological polar surface area (TPSA) is 123 Å². The summed E-state index contributed by atoms with van der Waals surface area (Å²) in [6.07, 6.45) is 0. The van der Waals surface area contributed by atoms with Crippen molar-refractivity contribution in [1.82, 2.24) is 10.3 Å². The van der Waals surface area contributed by atoms with E-state index in [-0.39, 0.29) is 16.4 Å². The predicted molar refractivity (Wildman–Crippen MR) is 149 cm³/mol. The van der Waals surface area contributed by atoms with Crippen molar-refractivity contribution < 1.29 is 18.9 Å². The van der Waals surface area contributed by atoms with Crippen LogP contribution in [0, 0.1) is 24.0 Å². The van der Waals surface area contributed by atoms with Gasteiger partial charge in [-0.15, -0.1) is 0 Å². The van der Waals surface area contributed by atoms with Gasteiger partial charge < -0.3 is 19.4 Å². The molecule has 4 aromatic rings. The summed E-state index contributed by atoms with van der Waals surface area (Å²) in [6, 6.07) is 15.6. The number of morpholine rings is 1. The van der Waals surface area contributed by atoms with Gasteiger partial charge in [-0.2, -0.15) is 0 Å². The number of nitro benzene ring substituents is 1. The zero-order chi connectivity index (χ0) is 26.8. The fourth-order valence-corrected chi connectivity index (χ4v) is 4.67. The zero-order valence-electron chi connectivity index (χ0n) is 20.8. The Morgan fingerprint density at radius 2 is 1.89 bits per heavy atom. The Hall–Kier alpha value is -4.35. The molecule has 0 saturated carbocycles. The number of ether oxygens (including phenoxy) is 1. The van der Waals surface area contributed by atoms with Gasteiger partial charge in [0.2, 0.25) is 5.89 Å². The van der Waals surface area contributed by atoms with Crippen LogP contribution >= 0.6 is 12.2 Å². The molecule has 3 aromatic carbocycles. The van der Waals surface area contributed by atoms with Gasteiger partial charge in [0.1, 0.15) is 5.52 Å². The molecule has 1 aliphatic heterocycles. The summed E-state index contributed by atoms with van der Waals surface area (Å²) in [5.74, 6) is -0.0762. The van der Waals surface area contributed by atoms with Gasteiger partial charge in [0, 0.05) is 36.5 Å². The zero-order valence-corrected chi connectivity index (χ0v) is 21.6. The number of hydrogen-bond donors (Lipinski definition) is 2. The molecule has 0 bridgehead atoms. The number of oxazole rings is 1. The number of thiocarbonyl (C=S) groups is 1. The summed E-state index contributed by atoms with van der Waals surface area (Å²) >= 11 is 5.39. The number of carbonyl (C=O) groups excluding carboxylic acids is 1. The summed E-state index contributed by atoms with van der Waals surface area (Å²) in [5.41, 5.74) is 5.57. The molecule has 194 valence electrons. The molecule has 0 atom stereocenters. The van der Waals surface area contributed by atoms with Crippen LogP contribution in [0.2, 0.25) is 0 Å². The second-order valence-corrected chi connectivity index (χ2v) is 9.40. The van der Waals surface area contributed by atoms with E-state index in [1.807, 2.05) is 49.1 Å². The van der Waals surface area contributed by atoms with Crippen LogP contribution in [-0.4, -0.2) is 47.2 Å². The Balaban J connectivity index is 1.34. The average molecular weight is 532 g/mol. The van der Waals surface area contributed by atoms with Crippen LogP contribution in [0.15, 0.2) is 59.0 Å². The second kappa shape index (κ2) is 10.6. The first kappa shape index (κ1) is 25.3. The molecular formula is C27H25N5O5S. The summed E-state index contributed by atoms with van der Waals surface area (Å²) in [6.45, 7) is 6.15. The Bertz CT molecular complexity index is 1560. The van der Waals surface area contributed by atoms with Crippen molar-refractivity contribution in [3.63, 3.8) is 0 Å². The average Bonchev–Trinajstić information content (AvgIpc) is 3.33. The summed E-state index contributed by atoms with van der Waals surface area (Å²) in [7, 11) is 0. The third-order valence-electron chi connectivity index (χ3n) is 6.20. The predicted octanol–water partition coefficient (Wildman–Crippen LogP) is 4.98. The molecule has 10 nitrogen and oxygen atoms in total. The molecule has 0 spiro atoms. The minimum absolute atomic E-state index is 0.0515. The summed E-state index contributed by atoms with van der Waals surface area (Å²) in [4.78, 5) is 30.6. The molecule has 0 unspecified atom stereocenters. The largest absolute Gasteiger partial charge is 0.436 e. The van der Waals surface area contributed by atoms with Crippen LogP contribution in [-0.2, 0) is 4.74 Å². The first-order chi connectivity index (χ1) is 18.3. The standard InChI is InChI=1S/C27H25N5O5S/c1-16-12-17(2)24-22(13-16)29-26(37-24)18-4-3-5-19(14-18)28-27(38)30-25(33)21-15-20(32(34)35)6-7-23(21)31-8-10-36-11-9-31/h3-7,12-15H,8-11H2,1-2H3,(H2,28,30,33,38). The van der Waals surface area contributed by atoms with E-state index in [4.69, 9.17) is 21.4 Å². The van der Waals surface area contributed by atoms with E-state index in [0.717, 1.165) is 27.8 Å². The van der Waals surface area contributed by atoms with E-state index in [1.165, 1.54) is 12.1 Å². The van der Waals surface area contributed by atoms with Crippen LogP contribution in [0.25, 0.3) is 22.6 Å². The number of carbonyl (C=O) groups is 1. The number of nitro groups is 1. The highest BCUT2D eigenvalue weighted by Crippen LogP contribution is 2.29. The molecule has 5 rings (SSSR count). The first-order valence-electron chi connectivity index (χ1n) is 12.0. The molecule has 1 amide bonds. The van der Waals surface area contributed by atoms with Gasteiger partial charge >= 0.3 is 0 Å². The normalized spacial score (nSPS) is 13.4. The number of benzene rings is 3. The van der Waals surface area contributed by atoms with Crippen molar-refractivity contribution in [2.24, 2.45) is 0 Å². The van der Waals surface area contributed by atoms with Crippen LogP contribution in [0.5, 0.6) is 0 Å². The number of aryl methyl sites for hydroxylation is 2. The van der Waals surface area contributed by atoms with Crippen LogP contribution in [0.3, 0.4) is 0 Å². The van der Waals surface area contributed by atoms with Crippen LogP contribution in [0.1, 0.15) is 21.5 Å². The lowest BCUT2D eigenvalue weighted by Gasteiger charge is -2.30. The molecule has 38 heavy (non-hydrogen) atoms. The van der Waals surface area contributed by atoms with Crippen molar-refractivity contribution in [3.8, 4) is 11.5 Å². The first-order valence-corrected chi connectivity index (χ1v) is 12.4. The molecule has 11 heteroatoms. The van der Waals surface area contributed by atoms with E-state index in [2.05, 4.69) is 15.6 Å². The van der Waals surface area contributed by atoms with E-state index in [1.54, 1.807) is 12.1 Å². The number of aromatic nitrogens is 1. The quantitative estimate of drug-likeness (QED) is 0.208. The highest BCUT2D eigenvalue weighted by atomic mass is 32.1. The van der Waals surface area contributed by atoms with Gasteiger partial charge in [0.15, 0.2) is 10.7 Å². The van der Waals surface area contributed by atoms with Gasteiger partial charge in [-0.05, 0) is 67.5 Å². The Morgan fingerprint density at radius 3 is 2.66 bits per heavy atom. The minimum atomic E-state index is -0.548. The number of hydrogen-bond acceptors (Lipinski definition) is 8.